The van der Waals surface area contributed by atoms with Gasteiger partial charge in [0.1, 0.15) is 11.6 Å². The van der Waals surface area contributed by atoms with Crippen LogP contribution in [0.3, 0.4) is 0 Å². The number of carbonyl (C=O) groups excluding carboxylic acids is 1. The molecule has 0 unspecified atom stereocenters. The van der Waals surface area contributed by atoms with Crippen molar-refractivity contribution in [3.05, 3.63) is 34.1 Å². The van der Waals surface area contributed by atoms with Crippen LogP contribution in [0.2, 0.25) is 0 Å². The molecular weight excluding hydrogens is 414 g/mol. The highest BCUT2D eigenvalue weighted by atomic mass is 79.9. The van der Waals surface area contributed by atoms with Crippen LogP contribution in [-0.2, 0) is 17.8 Å². The fourth-order valence-electron chi connectivity index (χ4n) is 2.23. The number of rotatable bonds is 7. The van der Waals surface area contributed by atoms with Gasteiger partial charge >= 0.3 is 0 Å². The van der Waals surface area contributed by atoms with Gasteiger partial charge in [0.2, 0.25) is 5.91 Å². The van der Waals surface area contributed by atoms with Crippen LogP contribution in [0.25, 0.3) is 0 Å². The molecule has 0 saturated carbocycles. The molecule has 2 aromatic rings. The normalized spacial score (nSPS) is 11.2. The number of carbonyl (C=O) groups is 1. The highest BCUT2D eigenvalue weighted by Gasteiger charge is 2.16. The van der Waals surface area contributed by atoms with Gasteiger partial charge in [-0.3, -0.25) is 4.79 Å². The predicted molar refractivity (Wildman–Crippen MR) is 97.6 cm³/mol. The molecule has 1 N–H and O–H groups in total. The fraction of sp³-hybridized carbons (Fsp3) is 0.438. The number of halogens is 3. The number of nitrogens with zero attached hydrogens (tertiary/aromatic N) is 3. The van der Waals surface area contributed by atoms with Gasteiger partial charge in [-0.05, 0) is 34.8 Å². The molecule has 1 amide bonds. The van der Waals surface area contributed by atoms with Crippen molar-refractivity contribution in [2.75, 3.05) is 11.1 Å². The van der Waals surface area contributed by atoms with Crippen LogP contribution in [0.5, 0.6) is 0 Å². The van der Waals surface area contributed by atoms with Crippen molar-refractivity contribution in [2.45, 2.75) is 38.9 Å². The zero-order chi connectivity index (χ0) is 18.6. The van der Waals surface area contributed by atoms with Gasteiger partial charge < -0.3 is 9.88 Å². The molecule has 0 aliphatic heterocycles. The quantitative estimate of drug-likeness (QED) is 0.663. The Labute approximate surface area is 157 Å². The summed E-state index contributed by atoms with van der Waals surface area (Å²) in [4.78, 5) is 12.1. The van der Waals surface area contributed by atoms with E-state index in [1.54, 1.807) is 0 Å². The van der Waals surface area contributed by atoms with Crippen LogP contribution in [-0.4, -0.2) is 26.4 Å². The first-order valence-corrected chi connectivity index (χ1v) is 9.58. The first kappa shape index (κ1) is 19.8. The molecular formula is C16H19BrF2N4OS. The Morgan fingerprint density at radius 3 is 2.68 bits per heavy atom. The number of anilines is 1. The maximum absolute atomic E-state index is 13.8. The second kappa shape index (κ2) is 8.75. The Balaban J connectivity index is 2.02. The summed E-state index contributed by atoms with van der Waals surface area (Å²) < 4.78 is 29.0. The van der Waals surface area contributed by atoms with Crippen molar-refractivity contribution in [2.24, 2.45) is 5.92 Å². The standard InChI is InChI=1S/C16H19BrF2N4OS/c1-4-23-13(5-9(2)3)21-22-16(23)25-8-14(24)20-15-11(17)6-10(18)7-12(15)19/h6-7,9H,4-5,8H2,1-3H3,(H,20,24). The zero-order valence-electron chi connectivity index (χ0n) is 14.1. The summed E-state index contributed by atoms with van der Waals surface area (Å²) in [6.45, 7) is 6.90. The molecule has 0 fully saturated rings. The summed E-state index contributed by atoms with van der Waals surface area (Å²) in [6, 6.07) is 1.82. The van der Waals surface area contributed by atoms with E-state index in [-0.39, 0.29) is 15.9 Å². The van der Waals surface area contributed by atoms with Crippen molar-refractivity contribution in [3.8, 4) is 0 Å². The minimum absolute atomic E-state index is 0.0447. The number of nitrogens with one attached hydrogen (secondary N) is 1. The molecule has 0 atom stereocenters. The highest BCUT2D eigenvalue weighted by Crippen LogP contribution is 2.27. The molecule has 1 aromatic heterocycles. The lowest BCUT2D eigenvalue weighted by molar-refractivity contribution is -0.113. The van der Waals surface area contributed by atoms with Crippen LogP contribution in [0.1, 0.15) is 26.6 Å². The van der Waals surface area contributed by atoms with Crippen molar-refractivity contribution in [1.82, 2.24) is 14.8 Å². The molecule has 0 radical (unpaired) electrons. The molecule has 0 aliphatic carbocycles. The Bertz CT molecular complexity index is 744. The van der Waals surface area contributed by atoms with Gasteiger partial charge in [0.25, 0.3) is 0 Å². The molecule has 0 spiro atoms. The molecule has 25 heavy (non-hydrogen) atoms. The lowest BCUT2D eigenvalue weighted by Gasteiger charge is -2.10. The average Bonchev–Trinajstić information content (AvgIpc) is 2.89. The maximum Gasteiger partial charge on any atom is 0.234 e. The molecule has 5 nitrogen and oxygen atoms in total. The van der Waals surface area contributed by atoms with Crippen LogP contribution in [0, 0.1) is 17.6 Å². The number of amides is 1. The van der Waals surface area contributed by atoms with E-state index in [1.165, 1.54) is 11.8 Å². The van der Waals surface area contributed by atoms with E-state index in [2.05, 4.69) is 45.3 Å². The second-order valence-corrected chi connectivity index (χ2v) is 7.62. The summed E-state index contributed by atoms with van der Waals surface area (Å²) in [6.07, 6.45) is 0.807. The van der Waals surface area contributed by atoms with E-state index in [0.717, 1.165) is 24.4 Å². The van der Waals surface area contributed by atoms with E-state index < -0.39 is 17.5 Å². The van der Waals surface area contributed by atoms with Crippen molar-refractivity contribution in [3.63, 3.8) is 0 Å². The number of aromatic nitrogens is 3. The smallest absolute Gasteiger partial charge is 0.234 e. The molecule has 9 heteroatoms. The topological polar surface area (TPSA) is 59.8 Å². The van der Waals surface area contributed by atoms with Gasteiger partial charge in [0, 0.05) is 23.5 Å². The summed E-state index contributed by atoms with van der Waals surface area (Å²) in [7, 11) is 0. The van der Waals surface area contributed by atoms with E-state index in [9.17, 15) is 13.6 Å². The minimum Gasteiger partial charge on any atom is -0.322 e. The van der Waals surface area contributed by atoms with Crippen LogP contribution >= 0.6 is 27.7 Å². The van der Waals surface area contributed by atoms with Crippen molar-refractivity contribution in [1.29, 1.82) is 0 Å². The van der Waals surface area contributed by atoms with E-state index in [1.807, 2.05) is 11.5 Å². The predicted octanol–water partition coefficient (Wildman–Crippen LogP) is 4.27. The van der Waals surface area contributed by atoms with Gasteiger partial charge in [-0.25, -0.2) is 8.78 Å². The molecule has 136 valence electrons. The summed E-state index contributed by atoms with van der Waals surface area (Å²) in [5.41, 5.74) is -0.0792. The molecule has 0 saturated heterocycles. The van der Waals surface area contributed by atoms with E-state index >= 15 is 0 Å². The van der Waals surface area contributed by atoms with Crippen molar-refractivity contribution < 1.29 is 13.6 Å². The largest absolute Gasteiger partial charge is 0.322 e. The SMILES string of the molecule is CCn1c(CC(C)C)nnc1SCC(=O)Nc1c(F)cc(F)cc1Br. The molecule has 1 heterocycles. The Hall–Kier alpha value is -1.48. The van der Waals surface area contributed by atoms with Crippen molar-refractivity contribution >= 4 is 39.3 Å². The number of benzene rings is 1. The highest BCUT2D eigenvalue weighted by molar-refractivity contribution is 9.10. The number of hydrogen-bond donors (Lipinski definition) is 1. The summed E-state index contributed by atoms with van der Waals surface area (Å²) in [5.74, 6) is -0.579. The number of thioether (sulfide) groups is 1. The molecule has 0 aliphatic rings. The first-order chi connectivity index (χ1) is 11.8. The second-order valence-electron chi connectivity index (χ2n) is 5.82. The van der Waals surface area contributed by atoms with Crippen LogP contribution in [0.15, 0.2) is 21.8 Å². The Morgan fingerprint density at radius 1 is 1.36 bits per heavy atom. The first-order valence-electron chi connectivity index (χ1n) is 7.81. The Kier molecular flexibility index (Phi) is 6.95. The summed E-state index contributed by atoms with van der Waals surface area (Å²) >= 11 is 4.27. The lowest BCUT2D eigenvalue weighted by Crippen LogP contribution is -2.16. The Morgan fingerprint density at radius 2 is 2.08 bits per heavy atom. The third kappa shape index (κ3) is 5.24. The third-order valence-corrected chi connectivity index (χ3v) is 4.90. The molecule has 0 bridgehead atoms. The van der Waals surface area contributed by atoms with Gasteiger partial charge in [0.15, 0.2) is 11.0 Å². The minimum atomic E-state index is -0.832. The van der Waals surface area contributed by atoms with Gasteiger partial charge in [-0.1, -0.05) is 25.6 Å². The third-order valence-electron chi connectivity index (χ3n) is 3.30. The maximum atomic E-state index is 13.8. The van der Waals surface area contributed by atoms with Gasteiger partial charge in [-0.2, -0.15) is 0 Å². The van der Waals surface area contributed by atoms with Gasteiger partial charge in [0.05, 0.1) is 11.4 Å². The van der Waals surface area contributed by atoms with Crippen LogP contribution < -0.4 is 5.32 Å². The fourth-order valence-corrected chi connectivity index (χ4v) is 3.56. The van der Waals surface area contributed by atoms with Crippen LogP contribution in [0.4, 0.5) is 14.5 Å². The summed E-state index contributed by atoms with van der Waals surface area (Å²) in [5, 5.41) is 11.4. The van der Waals surface area contributed by atoms with E-state index in [4.69, 9.17) is 0 Å². The lowest BCUT2D eigenvalue weighted by atomic mass is 10.1. The zero-order valence-corrected chi connectivity index (χ0v) is 16.5. The van der Waals surface area contributed by atoms with Gasteiger partial charge in [-0.15, -0.1) is 10.2 Å². The molecule has 2 rings (SSSR count). The average molecular weight is 433 g/mol. The van der Waals surface area contributed by atoms with E-state index in [0.29, 0.717) is 17.6 Å². The monoisotopic (exact) mass is 432 g/mol. The number of hydrogen-bond acceptors (Lipinski definition) is 4. The molecule has 1 aromatic carbocycles.